The molecule has 0 bridgehead atoms. The molecule has 3 heteroatoms. The van der Waals surface area contributed by atoms with E-state index in [1.165, 1.54) is 0 Å². The van der Waals surface area contributed by atoms with E-state index < -0.39 is 5.54 Å². The third kappa shape index (κ3) is 1.26. The summed E-state index contributed by atoms with van der Waals surface area (Å²) in [6.07, 6.45) is 0. The summed E-state index contributed by atoms with van der Waals surface area (Å²) in [6.45, 7) is 3.85. The van der Waals surface area contributed by atoms with Crippen molar-refractivity contribution in [2.75, 3.05) is 0 Å². The summed E-state index contributed by atoms with van der Waals surface area (Å²) < 4.78 is 0. The molecule has 14 heavy (non-hydrogen) atoms. The fourth-order valence-electron chi connectivity index (χ4n) is 1.56. The predicted molar refractivity (Wildman–Crippen MR) is 57.2 cm³/mol. The minimum Gasteiger partial charge on any atom is -0.172 e. The Balaban J connectivity index is 2.51. The lowest BCUT2D eigenvalue weighted by Gasteiger charge is -2.19. The van der Waals surface area contributed by atoms with Crippen molar-refractivity contribution in [1.82, 2.24) is 0 Å². The van der Waals surface area contributed by atoms with Gasteiger partial charge >= 0.3 is 0 Å². The second-order valence-electron chi connectivity index (χ2n) is 3.54. The van der Waals surface area contributed by atoms with Gasteiger partial charge in [0.1, 0.15) is 5.54 Å². The number of benzene rings is 1. The highest BCUT2D eigenvalue weighted by molar-refractivity contribution is 6.31. The minimum absolute atomic E-state index is 0.479. The Labute approximate surface area is 88.3 Å². The van der Waals surface area contributed by atoms with Gasteiger partial charge in [0.2, 0.25) is 0 Å². The van der Waals surface area contributed by atoms with E-state index in [0.29, 0.717) is 5.03 Å². The zero-order valence-corrected chi connectivity index (χ0v) is 8.92. The van der Waals surface area contributed by atoms with Crippen LogP contribution in [0.25, 0.3) is 0 Å². The Bertz CT molecular complexity index is 409. The maximum absolute atomic E-state index is 6.20. The number of azo groups is 1. The number of nitrogens with zero attached hydrogens (tertiary/aromatic N) is 2. The zero-order valence-electron chi connectivity index (χ0n) is 8.16. The second kappa shape index (κ2) is 3.21. The lowest BCUT2D eigenvalue weighted by Crippen LogP contribution is -2.16. The molecule has 72 valence electrons. The standard InChI is InChI=1S/C11H11ClN2/c1-8-10(12)11(2,14-13-8)9-6-4-3-5-7-9/h3-7H,1-2H3. The summed E-state index contributed by atoms with van der Waals surface area (Å²) in [4.78, 5) is 0. The van der Waals surface area contributed by atoms with E-state index >= 15 is 0 Å². The van der Waals surface area contributed by atoms with E-state index in [9.17, 15) is 0 Å². The van der Waals surface area contributed by atoms with Gasteiger partial charge in [-0.2, -0.15) is 10.2 Å². The summed E-state index contributed by atoms with van der Waals surface area (Å²) in [5, 5.41) is 8.95. The maximum Gasteiger partial charge on any atom is 0.141 e. The molecular weight excluding hydrogens is 196 g/mol. The lowest BCUT2D eigenvalue weighted by molar-refractivity contribution is 0.609. The first-order valence-electron chi connectivity index (χ1n) is 4.50. The highest BCUT2D eigenvalue weighted by atomic mass is 35.5. The first-order valence-corrected chi connectivity index (χ1v) is 4.87. The number of hydrogen-bond acceptors (Lipinski definition) is 2. The molecule has 0 N–H and O–H groups in total. The van der Waals surface area contributed by atoms with Crippen LogP contribution in [-0.2, 0) is 5.54 Å². The smallest absolute Gasteiger partial charge is 0.141 e. The van der Waals surface area contributed by atoms with Gasteiger partial charge in [-0.25, -0.2) is 0 Å². The molecule has 0 aromatic heterocycles. The van der Waals surface area contributed by atoms with Gasteiger partial charge in [0, 0.05) is 0 Å². The SMILES string of the molecule is CC1=C(Cl)C(C)(c2ccccc2)N=N1. The predicted octanol–water partition coefficient (Wildman–Crippen LogP) is 3.84. The third-order valence-electron chi connectivity index (χ3n) is 2.48. The van der Waals surface area contributed by atoms with Gasteiger partial charge in [-0.3, -0.25) is 0 Å². The number of hydrogen-bond donors (Lipinski definition) is 0. The first kappa shape index (κ1) is 9.41. The van der Waals surface area contributed by atoms with Gasteiger partial charge in [-0.15, -0.1) is 0 Å². The van der Waals surface area contributed by atoms with Crippen LogP contribution in [0.1, 0.15) is 19.4 Å². The van der Waals surface area contributed by atoms with Gasteiger partial charge in [-0.05, 0) is 19.4 Å². The Hall–Kier alpha value is -1.15. The molecular formula is C11H11ClN2. The van der Waals surface area contributed by atoms with Crippen LogP contribution in [0, 0.1) is 0 Å². The fourth-order valence-corrected chi connectivity index (χ4v) is 1.75. The summed E-state index contributed by atoms with van der Waals surface area (Å²) in [5.74, 6) is 0. The van der Waals surface area contributed by atoms with Gasteiger partial charge in [0.05, 0.1) is 10.7 Å². The summed E-state index contributed by atoms with van der Waals surface area (Å²) in [6, 6.07) is 9.96. The Morgan fingerprint density at radius 2 is 1.86 bits per heavy atom. The molecule has 1 unspecified atom stereocenters. The summed E-state index contributed by atoms with van der Waals surface area (Å²) in [7, 11) is 0. The fraction of sp³-hybridized carbons (Fsp3) is 0.273. The monoisotopic (exact) mass is 206 g/mol. The third-order valence-corrected chi connectivity index (χ3v) is 3.12. The van der Waals surface area contributed by atoms with Crippen LogP contribution in [0.4, 0.5) is 0 Å². The van der Waals surface area contributed by atoms with Crippen LogP contribution in [0.5, 0.6) is 0 Å². The van der Waals surface area contributed by atoms with E-state index in [1.54, 1.807) is 0 Å². The minimum atomic E-state index is -0.479. The van der Waals surface area contributed by atoms with E-state index in [-0.39, 0.29) is 0 Å². The molecule has 0 amide bonds. The van der Waals surface area contributed by atoms with Crippen molar-refractivity contribution in [3.05, 3.63) is 46.6 Å². The first-order chi connectivity index (χ1) is 6.64. The van der Waals surface area contributed by atoms with E-state index in [2.05, 4.69) is 10.2 Å². The van der Waals surface area contributed by atoms with Crippen LogP contribution in [0.3, 0.4) is 0 Å². The van der Waals surface area contributed by atoms with Crippen LogP contribution < -0.4 is 0 Å². The van der Waals surface area contributed by atoms with Gasteiger partial charge < -0.3 is 0 Å². The zero-order chi connectivity index (χ0) is 10.2. The quantitative estimate of drug-likeness (QED) is 0.667. The molecule has 1 aliphatic heterocycles. The molecule has 0 spiro atoms. The maximum atomic E-state index is 6.20. The van der Waals surface area contributed by atoms with E-state index in [4.69, 9.17) is 11.6 Å². The average Bonchev–Trinajstić information content (AvgIpc) is 2.49. The molecule has 0 fully saturated rings. The molecule has 2 nitrogen and oxygen atoms in total. The van der Waals surface area contributed by atoms with E-state index in [1.807, 2.05) is 44.2 Å². The average molecular weight is 207 g/mol. The van der Waals surface area contributed by atoms with Crippen LogP contribution in [-0.4, -0.2) is 0 Å². The van der Waals surface area contributed by atoms with Crippen LogP contribution in [0.15, 0.2) is 51.3 Å². The van der Waals surface area contributed by atoms with Crippen molar-refractivity contribution in [3.63, 3.8) is 0 Å². The number of rotatable bonds is 1. The summed E-state index contributed by atoms with van der Waals surface area (Å²) >= 11 is 6.20. The molecule has 1 heterocycles. The molecule has 0 saturated heterocycles. The molecule has 1 atom stereocenters. The van der Waals surface area contributed by atoms with Gasteiger partial charge in [-0.1, -0.05) is 41.9 Å². The van der Waals surface area contributed by atoms with Crippen LogP contribution in [0.2, 0.25) is 0 Å². The second-order valence-corrected chi connectivity index (χ2v) is 3.92. The van der Waals surface area contributed by atoms with Crippen molar-refractivity contribution in [1.29, 1.82) is 0 Å². The highest BCUT2D eigenvalue weighted by Gasteiger charge is 2.35. The lowest BCUT2D eigenvalue weighted by atomic mass is 9.92. The topological polar surface area (TPSA) is 24.7 Å². The Morgan fingerprint density at radius 3 is 2.36 bits per heavy atom. The van der Waals surface area contributed by atoms with Gasteiger partial charge in [0.15, 0.2) is 0 Å². The van der Waals surface area contributed by atoms with Crippen molar-refractivity contribution < 1.29 is 0 Å². The number of halogens is 1. The van der Waals surface area contributed by atoms with Crippen molar-refractivity contribution in [2.45, 2.75) is 19.4 Å². The highest BCUT2D eigenvalue weighted by Crippen LogP contribution is 2.42. The number of allylic oxidation sites excluding steroid dienone is 1. The molecule has 0 radical (unpaired) electrons. The van der Waals surface area contributed by atoms with Crippen LogP contribution >= 0.6 is 11.6 Å². The Kier molecular flexibility index (Phi) is 2.16. The molecule has 1 aromatic rings. The summed E-state index contributed by atoms with van der Waals surface area (Å²) in [5.41, 5.74) is 1.40. The Morgan fingerprint density at radius 1 is 1.21 bits per heavy atom. The molecule has 1 aromatic carbocycles. The van der Waals surface area contributed by atoms with Crippen molar-refractivity contribution in [2.24, 2.45) is 10.2 Å². The van der Waals surface area contributed by atoms with Gasteiger partial charge in [0.25, 0.3) is 0 Å². The van der Waals surface area contributed by atoms with Crippen molar-refractivity contribution in [3.8, 4) is 0 Å². The van der Waals surface area contributed by atoms with Crippen molar-refractivity contribution >= 4 is 11.6 Å². The molecule has 2 rings (SSSR count). The normalized spacial score (nSPS) is 25.9. The van der Waals surface area contributed by atoms with E-state index in [0.717, 1.165) is 11.3 Å². The molecule has 0 saturated carbocycles. The molecule has 1 aliphatic rings. The largest absolute Gasteiger partial charge is 0.172 e. The molecule has 0 aliphatic carbocycles.